The fourth-order valence-electron chi connectivity index (χ4n) is 4.09. The highest BCUT2D eigenvalue weighted by molar-refractivity contribution is 14.1. The Kier molecular flexibility index (Phi) is 11.5. The average Bonchev–Trinajstić information content (AvgIpc) is 3.28. The fraction of sp³-hybridized carbons (Fsp3) is 0.462. The monoisotopic (exact) mass is 688 g/mol. The first kappa shape index (κ1) is 27.3. The van der Waals surface area contributed by atoms with Crippen molar-refractivity contribution in [1.82, 2.24) is 20.0 Å². The molecule has 4 rings (SSSR count). The van der Waals surface area contributed by atoms with Gasteiger partial charge in [0.15, 0.2) is 0 Å². The van der Waals surface area contributed by atoms with Crippen LogP contribution in [0.25, 0.3) is 0 Å². The molecule has 0 spiro atoms. The Hall–Kier alpha value is -1.24. The van der Waals surface area contributed by atoms with Gasteiger partial charge in [0.25, 0.3) is 11.8 Å². The fourth-order valence-corrected chi connectivity index (χ4v) is 4.81. The summed E-state index contributed by atoms with van der Waals surface area (Å²) in [6, 6.07) is 15.6. The first-order valence-corrected chi connectivity index (χ1v) is 14.2. The molecule has 2 aromatic rings. The normalized spacial score (nSPS) is 17.3. The summed E-state index contributed by atoms with van der Waals surface area (Å²) >= 11 is 4.50. The van der Waals surface area contributed by atoms with Crippen LogP contribution >= 0.6 is 45.2 Å². The zero-order valence-electron chi connectivity index (χ0n) is 19.8. The summed E-state index contributed by atoms with van der Waals surface area (Å²) in [6.07, 6.45) is 2.11. The van der Waals surface area contributed by atoms with Crippen LogP contribution in [0.1, 0.15) is 40.5 Å². The van der Waals surface area contributed by atoms with Crippen molar-refractivity contribution in [2.75, 3.05) is 58.9 Å². The first-order valence-electron chi connectivity index (χ1n) is 12.0. The van der Waals surface area contributed by atoms with Gasteiger partial charge in [-0.25, -0.2) is 0 Å². The van der Waals surface area contributed by atoms with Gasteiger partial charge in [0.2, 0.25) is 0 Å². The Morgan fingerprint density at radius 3 is 1.79 bits per heavy atom. The van der Waals surface area contributed by atoms with Gasteiger partial charge >= 0.3 is 0 Å². The van der Waals surface area contributed by atoms with Crippen LogP contribution in [-0.2, 0) is 0 Å². The van der Waals surface area contributed by atoms with Crippen molar-refractivity contribution in [1.29, 1.82) is 0 Å². The average molecular weight is 688 g/mol. The second-order valence-electron chi connectivity index (χ2n) is 8.49. The van der Waals surface area contributed by atoms with Crippen LogP contribution in [0.2, 0.25) is 0 Å². The van der Waals surface area contributed by atoms with E-state index in [2.05, 4.69) is 62.3 Å². The van der Waals surface area contributed by atoms with E-state index in [1.165, 1.54) is 0 Å². The summed E-state index contributed by atoms with van der Waals surface area (Å²) in [5.41, 5.74) is 1.60. The van der Waals surface area contributed by atoms with Crippen LogP contribution in [0.3, 0.4) is 0 Å². The molecular formula is C26H34I2N4O2. The summed E-state index contributed by atoms with van der Waals surface area (Å²) in [5, 5.41) is 3.30. The predicted molar refractivity (Wildman–Crippen MR) is 154 cm³/mol. The third kappa shape index (κ3) is 8.46. The topological polar surface area (TPSA) is 55.9 Å². The van der Waals surface area contributed by atoms with Crippen LogP contribution in [-0.4, -0.2) is 85.4 Å². The molecule has 0 radical (unpaired) electrons. The number of likely N-dealkylation sites (N-methyl/N-ethyl adjacent to an activating group) is 1. The Balaban J connectivity index is 0.000000192. The van der Waals surface area contributed by atoms with E-state index in [0.29, 0.717) is 0 Å². The van der Waals surface area contributed by atoms with Crippen molar-refractivity contribution in [3.8, 4) is 0 Å². The summed E-state index contributed by atoms with van der Waals surface area (Å²) in [6.45, 7) is 10.6. The molecule has 2 amide bonds. The van der Waals surface area contributed by atoms with E-state index in [9.17, 15) is 9.59 Å². The van der Waals surface area contributed by atoms with Crippen LogP contribution in [0, 0.1) is 7.14 Å². The lowest BCUT2D eigenvalue weighted by molar-refractivity contribution is 0.0756. The zero-order chi connectivity index (χ0) is 24.3. The molecule has 0 aromatic heterocycles. The van der Waals surface area contributed by atoms with Gasteiger partial charge in [0.1, 0.15) is 0 Å². The molecule has 2 aromatic carbocycles. The Labute approximate surface area is 230 Å². The Morgan fingerprint density at radius 1 is 0.706 bits per heavy atom. The first-order chi connectivity index (χ1) is 16.5. The molecule has 2 aliphatic heterocycles. The number of hydrogen-bond donors (Lipinski definition) is 1. The molecule has 2 heterocycles. The van der Waals surface area contributed by atoms with E-state index in [-0.39, 0.29) is 11.8 Å². The predicted octanol–water partition coefficient (Wildman–Crippen LogP) is 4.19. The van der Waals surface area contributed by atoms with E-state index in [1.54, 1.807) is 0 Å². The highest BCUT2D eigenvalue weighted by atomic mass is 127. The summed E-state index contributed by atoms with van der Waals surface area (Å²) in [7, 11) is 0. The standard InChI is InChI=1S/C14H19IN2O.C12H15IN2O/c1-2-16-8-3-9-17(11-10-16)14(18)12-4-6-13(15)7-5-12;13-11-4-2-10(3-5-11)12(16)15-8-1-6-14-7-9-15/h4-7H,2-3,8-11H2,1H3;2-5,14H,1,6-9H2. The minimum Gasteiger partial charge on any atom is -0.337 e. The largest absolute Gasteiger partial charge is 0.337 e. The third-order valence-corrected chi connectivity index (χ3v) is 7.57. The van der Waals surface area contributed by atoms with E-state index >= 15 is 0 Å². The quantitative estimate of drug-likeness (QED) is 0.493. The molecule has 0 aliphatic carbocycles. The van der Waals surface area contributed by atoms with Crippen LogP contribution in [0.15, 0.2) is 48.5 Å². The number of carbonyl (C=O) groups excluding carboxylic acids is 2. The van der Waals surface area contributed by atoms with Gasteiger partial charge in [-0.15, -0.1) is 0 Å². The minimum atomic E-state index is 0.153. The van der Waals surface area contributed by atoms with Gasteiger partial charge in [-0.3, -0.25) is 9.59 Å². The molecule has 0 atom stereocenters. The minimum absolute atomic E-state index is 0.153. The lowest BCUT2D eigenvalue weighted by atomic mass is 10.2. The number of amides is 2. The van der Waals surface area contributed by atoms with Crippen molar-refractivity contribution in [3.05, 3.63) is 66.8 Å². The number of hydrogen-bond acceptors (Lipinski definition) is 4. The smallest absolute Gasteiger partial charge is 0.253 e. The van der Waals surface area contributed by atoms with E-state index in [1.807, 2.05) is 58.3 Å². The van der Waals surface area contributed by atoms with Crippen molar-refractivity contribution in [3.63, 3.8) is 0 Å². The Bertz CT molecular complexity index is 913. The van der Waals surface area contributed by atoms with Crippen molar-refractivity contribution in [2.45, 2.75) is 19.8 Å². The molecule has 6 nitrogen and oxygen atoms in total. The van der Waals surface area contributed by atoms with Gasteiger partial charge in [-0.2, -0.15) is 0 Å². The maximum atomic E-state index is 12.4. The zero-order valence-corrected chi connectivity index (χ0v) is 24.1. The van der Waals surface area contributed by atoms with Crippen LogP contribution in [0.5, 0.6) is 0 Å². The number of halogens is 2. The molecule has 1 N–H and O–H groups in total. The molecule has 0 bridgehead atoms. The van der Waals surface area contributed by atoms with Crippen LogP contribution < -0.4 is 5.32 Å². The molecule has 2 aliphatic rings. The molecule has 2 saturated heterocycles. The van der Waals surface area contributed by atoms with Gasteiger partial charge in [0.05, 0.1) is 0 Å². The molecule has 0 saturated carbocycles. The van der Waals surface area contributed by atoms with Gasteiger partial charge in [0, 0.05) is 57.5 Å². The second kappa shape index (κ2) is 14.4. The number of carbonyl (C=O) groups is 2. The third-order valence-electron chi connectivity index (χ3n) is 6.13. The lowest BCUT2D eigenvalue weighted by Crippen LogP contribution is -2.35. The van der Waals surface area contributed by atoms with E-state index in [0.717, 1.165) is 90.0 Å². The molecule has 8 heteroatoms. The maximum Gasteiger partial charge on any atom is 0.253 e. The van der Waals surface area contributed by atoms with Crippen molar-refractivity contribution < 1.29 is 9.59 Å². The Morgan fingerprint density at radius 2 is 1.24 bits per heavy atom. The van der Waals surface area contributed by atoms with Crippen molar-refractivity contribution in [2.24, 2.45) is 0 Å². The highest BCUT2D eigenvalue weighted by Gasteiger charge is 2.19. The summed E-state index contributed by atoms with van der Waals surface area (Å²) in [4.78, 5) is 30.8. The maximum absolute atomic E-state index is 12.4. The number of benzene rings is 2. The summed E-state index contributed by atoms with van der Waals surface area (Å²) in [5.74, 6) is 0.324. The highest BCUT2D eigenvalue weighted by Crippen LogP contribution is 2.12. The second-order valence-corrected chi connectivity index (χ2v) is 11.0. The van der Waals surface area contributed by atoms with Crippen molar-refractivity contribution >= 4 is 57.0 Å². The number of nitrogens with one attached hydrogen (secondary N) is 1. The molecular weight excluding hydrogens is 654 g/mol. The molecule has 2 fully saturated rings. The molecule has 184 valence electrons. The number of rotatable bonds is 3. The molecule has 0 unspecified atom stereocenters. The van der Waals surface area contributed by atoms with Crippen LogP contribution in [0.4, 0.5) is 0 Å². The lowest BCUT2D eigenvalue weighted by Gasteiger charge is -2.21. The van der Waals surface area contributed by atoms with Gasteiger partial charge < -0.3 is 20.0 Å². The number of nitrogens with zero attached hydrogens (tertiary/aromatic N) is 3. The van der Waals surface area contributed by atoms with E-state index < -0.39 is 0 Å². The van der Waals surface area contributed by atoms with Gasteiger partial charge in [-0.05, 0) is 126 Å². The van der Waals surface area contributed by atoms with Gasteiger partial charge in [-0.1, -0.05) is 6.92 Å². The SMILES string of the molecule is CCN1CCCN(C(=O)c2ccc(I)cc2)CC1.O=C(c1ccc(I)cc1)N1CCCNCC1. The van der Waals surface area contributed by atoms with E-state index in [4.69, 9.17) is 0 Å². The summed E-state index contributed by atoms with van der Waals surface area (Å²) < 4.78 is 2.32. The molecule has 34 heavy (non-hydrogen) atoms.